The average Bonchev–Trinajstić information content (AvgIpc) is 2.38. The molecule has 0 bridgehead atoms. The Morgan fingerprint density at radius 3 is 2.40 bits per heavy atom. The first-order valence-electron chi connectivity index (χ1n) is 8.38. The maximum atomic E-state index is 9.51. The van der Waals surface area contributed by atoms with Crippen LogP contribution in [0.1, 0.15) is 66.2 Å². The van der Waals surface area contributed by atoms with E-state index >= 15 is 0 Å². The number of hydrogen-bond donors (Lipinski definition) is 2. The molecule has 0 aromatic carbocycles. The van der Waals surface area contributed by atoms with Gasteiger partial charge in [-0.2, -0.15) is 0 Å². The zero-order valence-electron chi connectivity index (χ0n) is 14.3. The summed E-state index contributed by atoms with van der Waals surface area (Å²) in [5.74, 6) is 0. The van der Waals surface area contributed by atoms with E-state index < -0.39 is 0 Å². The zero-order valence-corrected chi connectivity index (χ0v) is 14.3. The lowest BCUT2D eigenvalue weighted by molar-refractivity contribution is 0.118. The van der Waals surface area contributed by atoms with E-state index in [0.717, 1.165) is 32.0 Å². The summed E-state index contributed by atoms with van der Waals surface area (Å²) in [5.41, 5.74) is 0.446. The third-order valence-corrected chi connectivity index (χ3v) is 5.12. The lowest BCUT2D eigenvalue weighted by Crippen LogP contribution is -2.46. The van der Waals surface area contributed by atoms with Crippen molar-refractivity contribution in [3.63, 3.8) is 0 Å². The van der Waals surface area contributed by atoms with E-state index in [1.807, 2.05) is 0 Å². The molecule has 0 aromatic heterocycles. The largest absolute Gasteiger partial charge is 0.394 e. The SMILES string of the molecule is CCNC(C)(CO)CCCN(C)C1CCC(C)(C)CC1. The van der Waals surface area contributed by atoms with E-state index in [1.54, 1.807) is 0 Å². The van der Waals surface area contributed by atoms with E-state index in [9.17, 15) is 5.11 Å². The predicted molar refractivity (Wildman–Crippen MR) is 87.1 cm³/mol. The zero-order chi connectivity index (χ0) is 15.2. The fourth-order valence-corrected chi connectivity index (χ4v) is 3.38. The fourth-order valence-electron chi connectivity index (χ4n) is 3.38. The molecule has 0 heterocycles. The van der Waals surface area contributed by atoms with Crippen molar-refractivity contribution in [3.05, 3.63) is 0 Å². The summed E-state index contributed by atoms with van der Waals surface area (Å²) in [7, 11) is 2.27. The van der Waals surface area contributed by atoms with Crippen LogP contribution in [0.2, 0.25) is 0 Å². The molecular weight excluding hydrogens is 248 g/mol. The van der Waals surface area contributed by atoms with Gasteiger partial charge in [-0.3, -0.25) is 0 Å². The number of rotatable bonds is 8. The molecule has 0 spiro atoms. The Balaban J connectivity index is 2.28. The van der Waals surface area contributed by atoms with Gasteiger partial charge in [0.2, 0.25) is 0 Å². The van der Waals surface area contributed by atoms with Crippen LogP contribution in [0.25, 0.3) is 0 Å². The number of nitrogens with zero attached hydrogens (tertiary/aromatic N) is 1. The van der Waals surface area contributed by atoms with Crippen molar-refractivity contribution in [1.82, 2.24) is 10.2 Å². The Morgan fingerprint density at radius 2 is 1.90 bits per heavy atom. The Morgan fingerprint density at radius 1 is 1.30 bits per heavy atom. The van der Waals surface area contributed by atoms with Gasteiger partial charge in [0.15, 0.2) is 0 Å². The molecule has 1 aliphatic carbocycles. The molecule has 120 valence electrons. The standard InChI is InChI=1S/C17H36N2O/c1-6-18-17(4,14-20)10-7-13-19(5)15-8-11-16(2,3)12-9-15/h15,18,20H,6-14H2,1-5H3. The highest BCUT2D eigenvalue weighted by atomic mass is 16.3. The molecule has 0 amide bonds. The number of nitrogens with one attached hydrogen (secondary N) is 1. The molecule has 2 N–H and O–H groups in total. The normalized spacial score (nSPS) is 22.9. The van der Waals surface area contributed by atoms with E-state index in [0.29, 0.717) is 5.41 Å². The van der Waals surface area contributed by atoms with Crippen molar-refractivity contribution in [2.24, 2.45) is 5.41 Å². The van der Waals surface area contributed by atoms with Gasteiger partial charge in [0.1, 0.15) is 0 Å². The Labute approximate surface area is 126 Å². The second kappa shape index (κ2) is 7.77. The van der Waals surface area contributed by atoms with Crippen molar-refractivity contribution in [2.45, 2.75) is 77.8 Å². The van der Waals surface area contributed by atoms with Gasteiger partial charge >= 0.3 is 0 Å². The molecule has 3 nitrogen and oxygen atoms in total. The highest BCUT2D eigenvalue weighted by Crippen LogP contribution is 2.36. The maximum Gasteiger partial charge on any atom is 0.0610 e. The Kier molecular flexibility index (Phi) is 6.96. The number of hydrogen-bond acceptors (Lipinski definition) is 3. The highest BCUT2D eigenvalue weighted by molar-refractivity contribution is 4.85. The van der Waals surface area contributed by atoms with Crippen LogP contribution >= 0.6 is 0 Å². The van der Waals surface area contributed by atoms with Gasteiger partial charge in [-0.1, -0.05) is 20.8 Å². The summed E-state index contributed by atoms with van der Waals surface area (Å²) in [6.45, 7) is 11.3. The van der Waals surface area contributed by atoms with Gasteiger partial charge in [0.25, 0.3) is 0 Å². The molecule has 0 saturated heterocycles. The van der Waals surface area contributed by atoms with Crippen molar-refractivity contribution >= 4 is 0 Å². The van der Waals surface area contributed by atoms with Crippen molar-refractivity contribution in [1.29, 1.82) is 0 Å². The molecule has 0 aliphatic heterocycles. The minimum atomic E-state index is -0.107. The van der Waals surface area contributed by atoms with Gasteiger partial charge in [-0.05, 0) is 71.0 Å². The molecule has 1 fully saturated rings. The van der Waals surface area contributed by atoms with E-state index in [4.69, 9.17) is 0 Å². The van der Waals surface area contributed by atoms with Gasteiger partial charge in [0.05, 0.1) is 6.61 Å². The van der Waals surface area contributed by atoms with Crippen molar-refractivity contribution in [3.8, 4) is 0 Å². The minimum Gasteiger partial charge on any atom is -0.394 e. The quantitative estimate of drug-likeness (QED) is 0.719. The lowest BCUT2D eigenvalue weighted by Gasteiger charge is -2.39. The van der Waals surface area contributed by atoms with Gasteiger partial charge in [0, 0.05) is 11.6 Å². The second-order valence-electron chi connectivity index (χ2n) is 7.73. The average molecular weight is 284 g/mol. The van der Waals surface area contributed by atoms with Crippen LogP contribution in [0, 0.1) is 5.41 Å². The lowest BCUT2D eigenvalue weighted by atomic mass is 9.75. The van der Waals surface area contributed by atoms with Crippen LogP contribution in [0.3, 0.4) is 0 Å². The van der Waals surface area contributed by atoms with E-state index in [-0.39, 0.29) is 12.1 Å². The topological polar surface area (TPSA) is 35.5 Å². The number of aliphatic hydroxyl groups excluding tert-OH is 1. The molecule has 1 unspecified atom stereocenters. The molecule has 1 saturated carbocycles. The summed E-state index contributed by atoms with van der Waals surface area (Å²) >= 11 is 0. The number of aliphatic hydroxyl groups is 1. The first-order valence-corrected chi connectivity index (χ1v) is 8.38. The smallest absolute Gasteiger partial charge is 0.0610 e. The van der Waals surface area contributed by atoms with Crippen LogP contribution in [-0.2, 0) is 0 Å². The first-order chi connectivity index (χ1) is 9.32. The summed E-state index contributed by atoms with van der Waals surface area (Å²) in [4.78, 5) is 2.54. The molecule has 1 aliphatic rings. The fraction of sp³-hybridized carbons (Fsp3) is 1.00. The van der Waals surface area contributed by atoms with Crippen LogP contribution in [0.15, 0.2) is 0 Å². The Hall–Kier alpha value is -0.120. The molecule has 0 aromatic rings. The van der Waals surface area contributed by atoms with Crippen LogP contribution in [-0.4, -0.2) is 48.3 Å². The molecule has 1 rings (SSSR count). The van der Waals surface area contributed by atoms with Crippen molar-refractivity contribution in [2.75, 3.05) is 26.7 Å². The van der Waals surface area contributed by atoms with Crippen LogP contribution in [0.5, 0.6) is 0 Å². The van der Waals surface area contributed by atoms with Crippen LogP contribution < -0.4 is 5.32 Å². The van der Waals surface area contributed by atoms with E-state index in [1.165, 1.54) is 25.7 Å². The third-order valence-electron chi connectivity index (χ3n) is 5.12. The van der Waals surface area contributed by atoms with E-state index in [2.05, 4.69) is 45.0 Å². The summed E-state index contributed by atoms with van der Waals surface area (Å²) < 4.78 is 0. The van der Waals surface area contributed by atoms with Gasteiger partial charge < -0.3 is 15.3 Å². The third kappa shape index (κ3) is 5.71. The van der Waals surface area contributed by atoms with Crippen LogP contribution in [0.4, 0.5) is 0 Å². The highest BCUT2D eigenvalue weighted by Gasteiger charge is 2.29. The summed E-state index contributed by atoms with van der Waals surface area (Å²) in [5, 5.41) is 12.9. The molecule has 20 heavy (non-hydrogen) atoms. The van der Waals surface area contributed by atoms with Crippen molar-refractivity contribution < 1.29 is 5.11 Å². The monoisotopic (exact) mass is 284 g/mol. The summed E-state index contributed by atoms with van der Waals surface area (Å²) in [6, 6.07) is 0.766. The maximum absolute atomic E-state index is 9.51. The molecular formula is C17H36N2O. The molecule has 1 atom stereocenters. The first kappa shape index (κ1) is 17.9. The molecule has 0 radical (unpaired) electrons. The second-order valence-corrected chi connectivity index (χ2v) is 7.73. The predicted octanol–water partition coefficient (Wildman–Crippen LogP) is 3.03. The minimum absolute atomic E-state index is 0.107. The molecule has 3 heteroatoms. The Bertz CT molecular complexity index is 270. The van der Waals surface area contributed by atoms with Gasteiger partial charge in [-0.15, -0.1) is 0 Å². The number of likely N-dealkylation sites (N-methyl/N-ethyl adjacent to an activating group) is 1. The van der Waals surface area contributed by atoms with Gasteiger partial charge in [-0.25, -0.2) is 0 Å². The summed E-state index contributed by atoms with van der Waals surface area (Å²) in [6.07, 6.45) is 7.59.